The SMILES string of the molecule is Cl.NCCC(=O)Nc1nc2c(s1)CCCCC2. The van der Waals surface area contributed by atoms with Crippen LogP contribution in [0.2, 0.25) is 0 Å². The Morgan fingerprint density at radius 2 is 2.12 bits per heavy atom. The summed E-state index contributed by atoms with van der Waals surface area (Å²) in [5.74, 6) is -0.0357. The number of thiazole rings is 1. The topological polar surface area (TPSA) is 68.0 Å². The fourth-order valence-corrected chi connectivity index (χ4v) is 2.96. The Balaban J connectivity index is 0.00000144. The number of amides is 1. The lowest BCUT2D eigenvalue weighted by Crippen LogP contribution is -2.16. The summed E-state index contributed by atoms with van der Waals surface area (Å²) in [6.45, 7) is 0.386. The molecule has 0 unspecified atom stereocenters. The molecule has 1 heterocycles. The van der Waals surface area contributed by atoms with Gasteiger partial charge < -0.3 is 11.1 Å². The molecule has 1 amide bonds. The second-order valence-corrected chi connectivity index (χ2v) is 5.12. The molecule has 0 spiro atoms. The summed E-state index contributed by atoms with van der Waals surface area (Å²) in [5, 5.41) is 3.55. The molecule has 0 saturated carbocycles. The number of halogens is 1. The first kappa shape index (κ1) is 14.4. The van der Waals surface area contributed by atoms with E-state index >= 15 is 0 Å². The minimum Gasteiger partial charge on any atom is -0.330 e. The van der Waals surface area contributed by atoms with Crippen LogP contribution in [0.5, 0.6) is 0 Å². The number of rotatable bonds is 3. The van der Waals surface area contributed by atoms with Crippen molar-refractivity contribution in [3.8, 4) is 0 Å². The third-order valence-corrected chi connectivity index (χ3v) is 3.79. The maximum atomic E-state index is 11.4. The van der Waals surface area contributed by atoms with Crippen molar-refractivity contribution in [1.82, 2.24) is 4.98 Å². The third kappa shape index (κ3) is 3.94. The van der Waals surface area contributed by atoms with Gasteiger partial charge in [0.25, 0.3) is 0 Å². The van der Waals surface area contributed by atoms with Crippen molar-refractivity contribution in [1.29, 1.82) is 0 Å². The largest absolute Gasteiger partial charge is 0.330 e. The number of hydrogen-bond donors (Lipinski definition) is 2. The smallest absolute Gasteiger partial charge is 0.227 e. The van der Waals surface area contributed by atoms with Gasteiger partial charge in [0.05, 0.1) is 5.69 Å². The first-order chi connectivity index (χ1) is 7.79. The molecule has 96 valence electrons. The van der Waals surface area contributed by atoms with Crippen LogP contribution in [0, 0.1) is 0 Å². The van der Waals surface area contributed by atoms with Gasteiger partial charge in [-0.05, 0) is 25.7 Å². The number of hydrogen-bond acceptors (Lipinski definition) is 4. The van der Waals surface area contributed by atoms with Crippen LogP contribution in [0.4, 0.5) is 5.13 Å². The molecule has 0 bridgehead atoms. The minimum absolute atomic E-state index is 0. The summed E-state index contributed by atoms with van der Waals surface area (Å²) < 4.78 is 0. The normalized spacial score (nSPS) is 14.4. The average molecular weight is 276 g/mol. The van der Waals surface area contributed by atoms with Crippen molar-refractivity contribution in [3.63, 3.8) is 0 Å². The van der Waals surface area contributed by atoms with E-state index in [4.69, 9.17) is 5.73 Å². The van der Waals surface area contributed by atoms with Crippen LogP contribution in [0.1, 0.15) is 36.3 Å². The van der Waals surface area contributed by atoms with Gasteiger partial charge in [-0.2, -0.15) is 0 Å². The molecule has 3 N–H and O–H groups in total. The van der Waals surface area contributed by atoms with Crippen LogP contribution in [0.3, 0.4) is 0 Å². The van der Waals surface area contributed by atoms with Crippen molar-refractivity contribution >= 4 is 34.8 Å². The van der Waals surface area contributed by atoms with Gasteiger partial charge >= 0.3 is 0 Å². The van der Waals surface area contributed by atoms with E-state index in [0.717, 1.165) is 18.0 Å². The Morgan fingerprint density at radius 3 is 2.88 bits per heavy atom. The molecule has 1 aliphatic carbocycles. The zero-order valence-corrected chi connectivity index (χ0v) is 11.3. The quantitative estimate of drug-likeness (QED) is 0.831. The number of carbonyl (C=O) groups is 1. The molecule has 4 nitrogen and oxygen atoms in total. The highest BCUT2D eigenvalue weighted by molar-refractivity contribution is 7.15. The number of nitrogens with one attached hydrogen (secondary N) is 1. The molecule has 2 rings (SSSR count). The van der Waals surface area contributed by atoms with Crippen LogP contribution in [-0.4, -0.2) is 17.4 Å². The number of aryl methyl sites for hydroxylation is 2. The predicted octanol–water partition coefficient (Wildman–Crippen LogP) is 2.12. The Labute approximate surface area is 111 Å². The van der Waals surface area contributed by atoms with Gasteiger partial charge in [-0.15, -0.1) is 23.7 Å². The van der Waals surface area contributed by atoms with Gasteiger partial charge in [0.1, 0.15) is 0 Å². The zero-order valence-electron chi connectivity index (χ0n) is 9.70. The number of carbonyl (C=O) groups excluding carboxylic acids is 1. The molecule has 17 heavy (non-hydrogen) atoms. The van der Waals surface area contributed by atoms with E-state index in [2.05, 4.69) is 10.3 Å². The van der Waals surface area contributed by atoms with Crippen molar-refractivity contribution in [2.24, 2.45) is 5.73 Å². The van der Waals surface area contributed by atoms with E-state index in [1.54, 1.807) is 11.3 Å². The average Bonchev–Trinajstić information content (AvgIpc) is 2.48. The molecule has 0 fully saturated rings. The van der Waals surface area contributed by atoms with Crippen molar-refractivity contribution in [2.75, 3.05) is 11.9 Å². The summed E-state index contributed by atoms with van der Waals surface area (Å²) >= 11 is 1.62. The van der Waals surface area contributed by atoms with E-state index in [-0.39, 0.29) is 18.3 Å². The van der Waals surface area contributed by atoms with Crippen LogP contribution >= 0.6 is 23.7 Å². The van der Waals surface area contributed by atoms with E-state index in [1.165, 1.54) is 29.8 Å². The maximum absolute atomic E-state index is 11.4. The monoisotopic (exact) mass is 275 g/mol. The van der Waals surface area contributed by atoms with E-state index in [9.17, 15) is 4.79 Å². The Kier molecular flexibility index (Phi) is 5.88. The maximum Gasteiger partial charge on any atom is 0.227 e. The summed E-state index contributed by atoms with van der Waals surface area (Å²) in [4.78, 5) is 17.2. The molecular weight excluding hydrogens is 258 g/mol. The van der Waals surface area contributed by atoms with Gasteiger partial charge in [-0.1, -0.05) is 6.42 Å². The number of nitrogens with two attached hydrogens (primary N) is 1. The molecule has 0 aromatic carbocycles. The third-order valence-electron chi connectivity index (χ3n) is 2.71. The number of anilines is 1. The first-order valence-corrected chi connectivity index (χ1v) is 6.59. The second-order valence-electron chi connectivity index (χ2n) is 4.04. The van der Waals surface area contributed by atoms with Crippen LogP contribution < -0.4 is 11.1 Å². The van der Waals surface area contributed by atoms with Gasteiger partial charge in [0, 0.05) is 17.8 Å². The first-order valence-electron chi connectivity index (χ1n) is 5.78. The molecule has 6 heteroatoms. The lowest BCUT2D eigenvalue weighted by Gasteiger charge is -1.98. The van der Waals surface area contributed by atoms with Crippen molar-refractivity contribution in [2.45, 2.75) is 38.5 Å². The molecule has 1 aliphatic rings. The lowest BCUT2D eigenvalue weighted by molar-refractivity contribution is -0.116. The standard InChI is InChI=1S/C11H17N3OS.ClH/c12-7-6-10(15)14-11-13-8-4-2-1-3-5-9(8)16-11;/h1-7,12H2,(H,13,14,15);1H. The van der Waals surface area contributed by atoms with Crippen molar-refractivity contribution < 1.29 is 4.79 Å². The van der Waals surface area contributed by atoms with Gasteiger partial charge in [0.15, 0.2) is 5.13 Å². The van der Waals surface area contributed by atoms with Crippen LogP contribution in [0.25, 0.3) is 0 Å². The second kappa shape index (κ2) is 6.93. The minimum atomic E-state index is -0.0357. The van der Waals surface area contributed by atoms with Crippen molar-refractivity contribution in [3.05, 3.63) is 10.6 Å². The molecular formula is C11H18ClN3OS. The predicted molar refractivity (Wildman–Crippen MR) is 72.9 cm³/mol. The molecule has 1 aromatic rings. The number of nitrogens with zero attached hydrogens (tertiary/aromatic N) is 1. The zero-order chi connectivity index (χ0) is 11.4. The summed E-state index contributed by atoms with van der Waals surface area (Å²) in [5.41, 5.74) is 6.51. The highest BCUT2D eigenvalue weighted by Gasteiger charge is 2.14. The molecule has 1 aromatic heterocycles. The summed E-state index contributed by atoms with van der Waals surface area (Å²) in [7, 11) is 0. The Bertz CT molecular complexity index is 357. The molecule has 0 saturated heterocycles. The highest BCUT2D eigenvalue weighted by atomic mass is 35.5. The Morgan fingerprint density at radius 1 is 1.35 bits per heavy atom. The van der Waals surface area contributed by atoms with E-state index in [0.29, 0.717) is 13.0 Å². The fraction of sp³-hybridized carbons (Fsp3) is 0.636. The lowest BCUT2D eigenvalue weighted by atomic mass is 10.2. The molecule has 0 atom stereocenters. The van der Waals surface area contributed by atoms with Crippen LogP contribution in [0.15, 0.2) is 0 Å². The van der Waals surface area contributed by atoms with Crippen LogP contribution in [-0.2, 0) is 17.6 Å². The number of aromatic nitrogens is 1. The highest BCUT2D eigenvalue weighted by Crippen LogP contribution is 2.28. The molecule has 0 radical (unpaired) electrons. The summed E-state index contributed by atoms with van der Waals surface area (Å²) in [6.07, 6.45) is 6.28. The van der Waals surface area contributed by atoms with E-state index in [1.807, 2.05) is 0 Å². The summed E-state index contributed by atoms with van der Waals surface area (Å²) in [6, 6.07) is 0. The van der Waals surface area contributed by atoms with Gasteiger partial charge in [-0.25, -0.2) is 4.98 Å². The molecule has 0 aliphatic heterocycles. The van der Waals surface area contributed by atoms with Gasteiger partial charge in [-0.3, -0.25) is 4.79 Å². The van der Waals surface area contributed by atoms with E-state index < -0.39 is 0 Å². The number of fused-ring (bicyclic) bond motifs is 1. The van der Waals surface area contributed by atoms with Gasteiger partial charge in [0.2, 0.25) is 5.91 Å². The Hall–Kier alpha value is -0.650. The fourth-order valence-electron chi connectivity index (χ4n) is 1.90.